The number of rotatable bonds is 48. The van der Waals surface area contributed by atoms with Gasteiger partial charge in [0.2, 0.25) is 0 Å². The van der Waals surface area contributed by atoms with Crippen LogP contribution in [-0.2, 0) is 28.6 Å². The van der Waals surface area contributed by atoms with Gasteiger partial charge in [-0.1, -0.05) is 201 Å². The Kier molecular flexibility index (Phi) is 50.9. The van der Waals surface area contributed by atoms with Crippen LogP contribution in [0.1, 0.15) is 245 Å². The number of hydrogen-bond donors (Lipinski definition) is 0. The first-order valence-corrected chi connectivity index (χ1v) is 27.2. The van der Waals surface area contributed by atoms with Crippen molar-refractivity contribution in [2.75, 3.05) is 13.2 Å². The summed E-state index contributed by atoms with van der Waals surface area (Å²) < 4.78 is 16.8. The predicted molar refractivity (Wildman–Crippen MR) is 284 cm³/mol. The zero-order chi connectivity index (χ0) is 47.9. The highest BCUT2D eigenvalue weighted by Crippen LogP contribution is 2.13. The van der Waals surface area contributed by atoms with E-state index in [-0.39, 0.29) is 37.5 Å². The standard InChI is InChI=1S/C60H100O6/c1-4-7-10-13-16-19-22-25-28-29-30-31-33-35-38-41-44-47-50-53-59(62)65-56-57(55-64-58(61)52-49-46-43-40-37-34-27-24-21-18-15-12-9-6-3)66-60(63)54-51-48-45-42-39-36-32-26-23-20-17-14-11-8-5-2/h15-20,24-28,30-32,39,42,57H,4-14,21-23,29,33-38,40-41,43-56H2,1-3H3/b18-15-,19-16-,20-17-,27-24-,28-25-,31-30-,32-26-,42-39-/t57-/m1/s1. The molecule has 6 heteroatoms. The van der Waals surface area contributed by atoms with E-state index in [0.29, 0.717) is 19.3 Å². The van der Waals surface area contributed by atoms with E-state index in [2.05, 4.69) is 118 Å². The molecule has 0 amide bonds. The molecule has 0 fully saturated rings. The summed E-state index contributed by atoms with van der Waals surface area (Å²) in [5.41, 5.74) is 0. The quantitative estimate of drug-likeness (QED) is 0.0262. The van der Waals surface area contributed by atoms with E-state index in [1.165, 1.54) is 83.5 Å². The number of carbonyl (C=O) groups excluding carboxylic acids is 3. The lowest BCUT2D eigenvalue weighted by atomic mass is 10.1. The Morgan fingerprint density at radius 2 is 0.561 bits per heavy atom. The summed E-state index contributed by atoms with van der Waals surface area (Å²) in [6.07, 6.45) is 71.0. The summed E-state index contributed by atoms with van der Waals surface area (Å²) in [7, 11) is 0. The van der Waals surface area contributed by atoms with Crippen molar-refractivity contribution in [2.24, 2.45) is 0 Å². The van der Waals surface area contributed by atoms with Gasteiger partial charge in [-0.25, -0.2) is 0 Å². The van der Waals surface area contributed by atoms with Gasteiger partial charge in [0.25, 0.3) is 0 Å². The average molecular weight is 917 g/mol. The monoisotopic (exact) mass is 917 g/mol. The normalized spacial score (nSPS) is 12.8. The zero-order valence-electron chi connectivity index (χ0n) is 42.9. The molecule has 0 aromatic rings. The van der Waals surface area contributed by atoms with Crippen molar-refractivity contribution < 1.29 is 28.6 Å². The van der Waals surface area contributed by atoms with Crippen molar-refractivity contribution in [3.05, 3.63) is 97.2 Å². The molecule has 0 bridgehead atoms. The third kappa shape index (κ3) is 51.3. The van der Waals surface area contributed by atoms with E-state index >= 15 is 0 Å². The van der Waals surface area contributed by atoms with Crippen molar-refractivity contribution in [1.29, 1.82) is 0 Å². The number of hydrogen-bond acceptors (Lipinski definition) is 6. The zero-order valence-corrected chi connectivity index (χ0v) is 42.9. The molecule has 6 nitrogen and oxygen atoms in total. The van der Waals surface area contributed by atoms with E-state index in [1.54, 1.807) is 0 Å². The highest BCUT2D eigenvalue weighted by molar-refractivity contribution is 5.71. The van der Waals surface area contributed by atoms with E-state index < -0.39 is 6.10 Å². The number of allylic oxidation sites excluding steroid dienone is 16. The molecule has 376 valence electrons. The fourth-order valence-electron chi connectivity index (χ4n) is 7.12. The molecule has 0 aromatic heterocycles. The molecule has 0 heterocycles. The van der Waals surface area contributed by atoms with Gasteiger partial charge in [0, 0.05) is 19.3 Å². The van der Waals surface area contributed by atoms with E-state index in [1.807, 2.05) is 0 Å². The summed E-state index contributed by atoms with van der Waals surface area (Å²) in [5.74, 6) is -0.971. The van der Waals surface area contributed by atoms with Gasteiger partial charge in [-0.2, -0.15) is 0 Å². The van der Waals surface area contributed by atoms with Crippen LogP contribution in [-0.4, -0.2) is 37.2 Å². The number of carbonyl (C=O) groups is 3. The van der Waals surface area contributed by atoms with Crippen molar-refractivity contribution in [3.63, 3.8) is 0 Å². The van der Waals surface area contributed by atoms with E-state index in [9.17, 15) is 14.4 Å². The van der Waals surface area contributed by atoms with Crippen molar-refractivity contribution >= 4 is 17.9 Å². The average Bonchev–Trinajstić information content (AvgIpc) is 3.31. The van der Waals surface area contributed by atoms with Gasteiger partial charge in [-0.05, 0) is 122 Å². The molecule has 0 aliphatic heterocycles. The van der Waals surface area contributed by atoms with Crippen molar-refractivity contribution in [3.8, 4) is 0 Å². The molecule has 0 rings (SSSR count). The molecule has 0 N–H and O–H groups in total. The molecule has 0 aliphatic carbocycles. The lowest BCUT2D eigenvalue weighted by Gasteiger charge is -2.18. The molecule has 0 saturated carbocycles. The Balaban J connectivity index is 4.48. The van der Waals surface area contributed by atoms with Crippen LogP contribution in [0, 0.1) is 0 Å². The van der Waals surface area contributed by atoms with Crippen LogP contribution in [0.2, 0.25) is 0 Å². The van der Waals surface area contributed by atoms with Crippen molar-refractivity contribution in [1.82, 2.24) is 0 Å². The van der Waals surface area contributed by atoms with Crippen LogP contribution in [0.4, 0.5) is 0 Å². The van der Waals surface area contributed by atoms with Crippen LogP contribution in [0.3, 0.4) is 0 Å². The van der Waals surface area contributed by atoms with Crippen LogP contribution in [0.25, 0.3) is 0 Å². The summed E-state index contributed by atoms with van der Waals surface area (Å²) >= 11 is 0. The molecule has 0 unspecified atom stereocenters. The second-order valence-corrected chi connectivity index (χ2v) is 17.8. The second-order valence-electron chi connectivity index (χ2n) is 17.8. The van der Waals surface area contributed by atoms with E-state index in [0.717, 1.165) is 116 Å². The van der Waals surface area contributed by atoms with Gasteiger partial charge >= 0.3 is 17.9 Å². The summed E-state index contributed by atoms with van der Waals surface area (Å²) in [6.45, 7) is 6.48. The molecule has 1 atom stereocenters. The summed E-state index contributed by atoms with van der Waals surface area (Å²) in [6, 6.07) is 0. The van der Waals surface area contributed by atoms with Gasteiger partial charge in [0.05, 0.1) is 0 Å². The minimum Gasteiger partial charge on any atom is -0.462 e. The first kappa shape index (κ1) is 62.3. The van der Waals surface area contributed by atoms with Crippen LogP contribution >= 0.6 is 0 Å². The largest absolute Gasteiger partial charge is 0.462 e. The van der Waals surface area contributed by atoms with Gasteiger partial charge in [0.1, 0.15) is 13.2 Å². The Hall–Kier alpha value is -3.67. The van der Waals surface area contributed by atoms with Crippen molar-refractivity contribution in [2.45, 2.75) is 252 Å². The lowest BCUT2D eigenvalue weighted by molar-refractivity contribution is -0.167. The maximum absolute atomic E-state index is 12.8. The fraction of sp³-hybridized carbons (Fsp3) is 0.683. The highest BCUT2D eigenvalue weighted by Gasteiger charge is 2.19. The van der Waals surface area contributed by atoms with Gasteiger partial charge in [0.15, 0.2) is 6.10 Å². The summed E-state index contributed by atoms with van der Waals surface area (Å²) in [5, 5.41) is 0. The van der Waals surface area contributed by atoms with E-state index in [4.69, 9.17) is 14.2 Å². The van der Waals surface area contributed by atoms with Gasteiger partial charge in [-0.3, -0.25) is 14.4 Å². The molecule has 0 spiro atoms. The maximum atomic E-state index is 12.8. The summed E-state index contributed by atoms with van der Waals surface area (Å²) in [4.78, 5) is 38.1. The fourth-order valence-corrected chi connectivity index (χ4v) is 7.12. The molecular formula is C60H100O6. The Morgan fingerprint density at radius 1 is 0.303 bits per heavy atom. The first-order chi connectivity index (χ1) is 32.5. The second kappa shape index (κ2) is 53.9. The molecule has 0 radical (unpaired) electrons. The number of esters is 3. The van der Waals surface area contributed by atoms with Crippen LogP contribution < -0.4 is 0 Å². The highest BCUT2D eigenvalue weighted by atomic mass is 16.6. The minimum absolute atomic E-state index is 0.105. The maximum Gasteiger partial charge on any atom is 0.306 e. The Morgan fingerprint density at radius 3 is 0.924 bits per heavy atom. The number of unbranched alkanes of at least 4 members (excludes halogenated alkanes) is 21. The molecule has 0 saturated heterocycles. The first-order valence-electron chi connectivity index (χ1n) is 27.2. The smallest absolute Gasteiger partial charge is 0.306 e. The molecule has 0 aliphatic rings. The lowest BCUT2D eigenvalue weighted by Crippen LogP contribution is -2.30. The minimum atomic E-state index is -0.810. The van der Waals surface area contributed by atoms with Crippen LogP contribution in [0.5, 0.6) is 0 Å². The van der Waals surface area contributed by atoms with Gasteiger partial charge in [-0.15, -0.1) is 0 Å². The Labute approximate surface area is 407 Å². The van der Waals surface area contributed by atoms with Crippen LogP contribution in [0.15, 0.2) is 97.2 Å². The third-order valence-corrected chi connectivity index (χ3v) is 11.3. The topological polar surface area (TPSA) is 78.9 Å². The predicted octanol–water partition coefficient (Wildman–Crippen LogP) is 18.1. The molecule has 66 heavy (non-hydrogen) atoms. The number of ether oxygens (including phenoxy) is 3. The molecule has 0 aromatic carbocycles. The van der Waals surface area contributed by atoms with Gasteiger partial charge < -0.3 is 14.2 Å². The SMILES string of the molecule is CCCC/C=C\C/C=C\CCCCCCCC(=O)OC[C@H](COC(=O)CCCCCCCC/C=C\C/C=C\C/C=C\CCCCC)OC(=O)CCCC/C=C\C/C=C\C/C=C\CCCCC. The Bertz CT molecular complexity index is 1330. The third-order valence-electron chi connectivity index (χ3n) is 11.3. The molecular weight excluding hydrogens is 817 g/mol.